The van der Waals surface area contributed by atoms with Crippen LogP contribution in [-0.2, 0) is 4.79 Å². The van der Waals surface area contributed by atoms with Crippen LogP contribution in [0.1, 0.15) is 23.2 Å². The maximum Gasteiger partial charge on any atom is 0.277 e. The molecule has 1 N–H and O–H groups in total. The Morgan fingerprint density at radius 1 is 1.30 bits per heavy atom. The molecule has 7 heteroatoms. The molecule has 1 saturated carbocycles. The monoisotopic (exact) mass is 311 g/mol. The number of aromatic nitrogens is 1. The second-order valence-corrected chi connectivity index (χ2v) is 5.34. The summed E-state index contributed by atoms with van der Waals surface area (Å²) in [5.41, 5.74) is 0.984. The lowest BCUT2D eigenvalue weighted by Crippen LogP contribution is -2.14. The van der Waals surface area contributed by atoms with Gasteiger partial charge in [-0.1, -0.05) is 6.07 Å². The van der Waals surface area contributed by atoms with E-state index in [9.17, 15) is 19.7 Å². The van der Waals surface area contributed by atoms with Crippen molar-refractivity contribution in [3.8, 4) is 11.1 Å². The van der Waals surface area contributed by atoms with Crippen LogP contribution in [0.5, 0.6) is 0 Å². The van der Waals surface area contributed by atoms with E-state index in [1.165, 1.54) is 24.4 Å². The van der Waals surface area contributed by atoms with E-state index < -0.39 is 4.92 Å². The Hall–Kier alpha value is -3.09. The normalized spacial score (nSPS) is 13.4. The molecule has 1 amide bonds. The Morgan fingerprint density at radius 2 is 2.09 bits per heavy atom. The van der Waals surface area contributed by atoms with Crippen LogP contribution in [0.3, 0.4) is 0 Å². The summed E-state index contributed by atoms with van der Waals surface area (Å²) in [6.45, 7) is 0. The summed E-state index contributed by atoms with van der Waals surface area (Å²) >= 11 is 0. The molecule has 7 nitrogen and oxygen atoms in total. The van der Waals surface area contributed by atoms with E-state index in [0.29, 0.717) is 23.2 Å². The average Bonchev–Trinajstić information content (AvgIpc) is 3.39. The highest BCUT2D eigenvalue weighted by molar-refractivity contribution is 5.94. The molecule has 1 aromatic carbocycles. The fraction of sp³-hybridized carbons (Fsp3) is 0.188. The number of carbonyl (C=O) groups is 2. The SMILES string of the molecule is O=Cc1ccc(-c2ccnc(NC(=O)C3CC3)c2)c([N+](=O)[O-])c1. The summed E-state index contributed by atoms with van der Waals surface area (Å²) in [6.07, 6.45) is 3.80. The van der Waals surface area contributed by atoms with Gasteiger partial charge in [-0.05, 0) is 36.6 Å². The van der Waals surface area contributed by atoms with Gasteiger partial charge in [0.15, 0.2) is 0 Å². The molecular formula is C16H13N3O4. The molecule has 116 valence electrons. The highest BCUT2D eigenvalue weighted by Crippen LogP contribution is 2.33. The summed E-state index contributed by atoms with van der Waals surface area (Å²) in [7, 11) is 0. The molecule has 1 fully saturated rings. The minimum absolute atomic E-state index is 0.0432. The van der Waals surface area contributed by atoms with Crippen LogP contribution in [0.25, 0.3) is 11.1 Å². The first-order valence-corrected chi connectivity index (χ1v) is 7.09. The van der Waals surface area contributed by atoms with Gasteiger partial charge in [-0.15, -0.1) is 0 Å². The number of hydrogen-bond donors (Lipinski definition) is 1. The Kier molecular flexibility index (Phi) is 3.84. The van der Waals surface area contributed by atoms with E-state index in [0.717, 1.165) is 12.8 Å². The number of benzene rings is 1. The third-order valence-electron chi connectivity index (χ3n) is 3.62. The zero-order chi connectivity index (χ0) is 16.4. The number of nitrogens with zero attached hydrogens (tertiary/aromatic N) is 2. The molecule has 0 spiro atoms. The molecule has 23 heavy (non-hydrogen) atoms. The van der Waals surface area contributed by atoms with E-state index in [-0.39, 0.29) is 23.1 Å². The predicted octanol–water partition coefficient (Wildman–Crippen LogP) is 2.82. The minimum Gasteiger partial charge on any atom is -0.310 e. The molecule has 3 rings (SSSR count). The van der Waals surface area contributed by atoms with Gasteiger partial charge in [0.25, 0.3) is 5.69 Å². The third kappa shape index (κ3) is 3.23. The van der Waals surface area contributed by atoms with Gasteiger partial charge in [0, 0.05) is 23.7 Å². The largest absolute Gasteiger partial charge is 0.310 e. The molecule has 0 saturated heterocycles. The van der Waals surface area contributed by atoms with Crippen molar-refractivity contribution in [1.82, 2.24) is 4.98 Å². The summed E-state index contributed by atoms with van der Waals surface area (Å²) < 4.78 is 0. The van der Waals surface area contributed by atoms with Crippen LogP contribution in [0.4, 0.5) is 11.5 Å². The standard InChI is InChI=1S/C16H13N3O4/c20-9-10-1-4-13(14(7-10)19(22)23)12-5-6-17-15(8-12)18-16(21)11-2-3-11/h1,4-9,11H,2-3H2,(H,17,18,21). The van der Waals surface area contributed by atoms with E-state index in [2.05, 4.69) is 10.3 Å². The number of aldehydes is 1. The van der Waals surface area contributed by atoms with Crippen LogP contribution in [-0.4, -0.2) is 22.1 Å². The van der Waals surface area contributed by atoms with Crippen molar-refractivity contribution in [3.05, 3.63) is 52.2 Å². The molecule has 0 aliphatic heterocycles. The predicted molar refractivity (Wildman–Crippen MR) is 83.1 cm³/mol. The molecule has 0 radical (unpaired) electrons. The zero-order valence-electron chi connectivity index (χ0n) is 12.1. The van der Waals surface area contributed by atoms with Gasteiger partial charge in [-0.2, -0.15) is 0 Å². The van der Waals surface area contributed by atoms with E-state index >= 15 is 0 Å². The molecule has 1 aliphatic carbocycles. The zero-order valence-corrected chi connectivity index (χ0v) is 12.1. The van der Waals surface area contributed by atoms with Gasteiger partial charge in [0.1, 0.15) is 12.1 Å². The Labute approximate surface area is 131 Å². The quantitative estimate of drug-likeness (QED) is 0.519. The molecule has 0 unspecified atom stereocenters. The fourth-order valence-electron chi connectivity index (χ4n) is 2.26. The molecule has 1 aromatic heterocycles. The Morgan fingerprint density at radius 3 is 2.74 bits per heavy atom. The van der Waals surface area contributed by atoms with E-state index in [4.69, 9.17) is 0 Å². The average molecular weight is 311 g/mol. The van der Waals surface area contributed by atoms with Gasteiger partial charge in [-0.25, -0.2) is 4.98 Å². The third-order valence-corrected chi connectivity index (χ3v) is 3.62. The Bertz CT molecular complexity index is 800. The smallest absolute Gasteiger partial charge is 0.277 e. The minimum atomic E-state index is -0.536. The van der Waals surface area contributed by atoms with E-state index in [1.807, 2.05) is 0 Å². The first-order chi connectivity index (χ1) is 11.1. The molecule has 0 bridgehead atoms. The van der Waals surface area contributed by atoms with Crippen molar-refractivity contribution in [2.75, 3.05) is 5.32 Å². The summed E-state index contributed by atoms with van der Waals surface area (Å²) in [5, 5.41) is 13.9. The van der Waals surface area contributed by atoms with E-state index in [1.54, 1.807) is 12.1 Å². The number of hydrogen-bond acceptors (Lipinski definition) is 5. The van der Waals surface area contributed by atoms with Crippen molar-refractivity contribution in [3.63, 3.8) is 0 Å². The van der Waals surface area contributed by atoms with Crippen LogP contribution >= 0.6 is 0 Å². The number of nitro groups is 1. The van der Waals surface area contributed by atoms with Gasteiger partial charge < -0.3 is 5.32 Å². The fourth-order valence-corrected chi connectivity index (χ4v) is 2.26. The topological polar surface area (TPSA) is 102 Å². The van der Waals surface area contributed by atoms with Crippen molar-refractivity contribution in [2.24, 2.45) is 5.92 Å². The molecular weight excluding hydrogens is 298 g/mol. The van der Waals surface area contributed by atoms with Gasteiger partial charge in [0.2, 0.25) is 5.91 Å². The lowest BCUT2D eigenvalue weighted by molar-refractivity contribution is -0.384. The first kappa shape index (κ1) is 14.8. The Balaban J connectivity index is 1.96. The number of rotatable bonds is 5. The lowest BCUT2D eigenvalue weighted by Gasteiger charge is -2.07. The van der Waals surface area contributed by atoms with Gasteiger partial charge >= 0.3 is 0 Å². The number of nitrogens with one attached hydrogen (secondary N) is 1. The molecule has 1 aliphatic rings. The maximum atomic E-state index is 11.8. The first-order valence-electron chi connectivity index (χ1n) is 7.09. The van der Waals surface area contributed by atoms with Crippen molar-refractivity contribution >= 4 is 23.7 Å². The van der Waals surface area contributed by atoms with Crippen LogP contribution in [0, 0.1) is 16.0 Å². The van der Waals surface area contributed by atoms with Crippen LogP contribution in [0.15, 0.2) is 36.5 Å². The van der Waals surface area contributed by atoms with Crippen molar-refractivity contribution in [2.45, 2.75) is 12.8 Å². The second-order valence-electron chi connectivity index (χ2n) is 5.34. The molecule has 2 aromatic rings. The lowest BCUT2D eigenvalue weighted by atomic mass is 10.0. The number of carbonyl (C=O) groups excluding carboxylic acids is 2. The number of pyridine rings is 1. The summed E-state index contributed by atoms with van der Waals surface area (Å²) in [6, 6.07) is 7.46. The maximum absolute atomic E-state index is 11.8. The number of amides is 1. The highest BCUT2D eigenvalue weighted by atomic mass is 16.6. The van der Waals surface area contributed by atoms with Crippen molar-refractivity contribution in [1.29, 1.82) is 0 Å². The molecule has 0 atom stereocenters. The molecule has 1 heterocycles. The van der Waals surface area contributed by atoms with Crippen LogP contribution in [0.2, 0.25) is 0 Å². The van der Waals surface area contributed by atoms with Crippen LogP contribution < -0.4 is 5.32 Å². The number of nitro benzene ring substituents is 1. The summed E-state index contributed by atoms with van der Waals surface area (Å²) in [5.74, 6) is 0.315. The van der Waals surface area contributed by atoms with Gasteiger partial charge in [0.05, 0.1) is 10.5 Å². The summed E-state index contributed by atoms with van der Waals surface area (Å²) in [4.78, 5) is 37.3. The second kappa shape index (κ2) is 5.96. The van der Waals surface area contributed by atoms with Crippen molar-refractivity contribution < 1.29 is 14.5 Å². The number of anilines is 1. The van der Waals surface area contributed by atoms with Gasteiger partial charge in [-0.3, -0.25) is 19.7 Å². The highest BCUT2D eigenvalue weighted by Gasteiger charge is 2.29.